The van der Waals surface area contributed by atoms with Gasteiger partial charge in [-0.1, -0.05) is 64.9 Å². The number of aromatic nitrogens is 1. The molecule has 1 heterocycles. The number of carboxylic acid groups (broad SMARTS) is 1. The van der Waals surface area contributed by atoms with Gasteiger partial charge in [0.25, 0.3) is 0 Å². The molecular weight excluding hydrogens is 510 g/mol. The van der Waals surface area contributed by atoms with Gasteiger partial charge in [0.1, 0.15) is 32.3 Å². The third-order valence-electron chi connectivity index (χ3n) is 6.30. The molecule has 3 aromatic carbocycles. The van der Waals surface area contributed by atoms with E-state index in [1.165, 1.54) is 14.2 Å². The summed E-state index contributed by atoms with van der Waals surface area (Å²) in [5, 5.41) is 18.6. The molecule has 0 fully saturated rings. The molecule has 0 spiro atoms. The first kappa shape index (κ1) is 28.4. The predicted molar refractivity (Wildman–Crippen MR) is 154 cm³/mol. The van der Waals surface area contributed by atoms with E-state index in [2.05, 4.69) is 20.9 Å². The number of carbonyl (C=O) groups is 1. The minimum atomic E-state index is -0.969. The van der Waals surface area contributed by atoms with Crippen molar-refractivity contribution in [3.8, 4) is 5.75 Å². The Morgan fingerprint density at radius 2 is 1.77 bits per heavy atom. The van der Waals surface area contributed by atoms with Crippen molar-refractivity contribution in [3.63, 3.8) is 0 Å². The predicted octanol–water partition coefficient (Wildman–Crippen LogP) is 5.13. The van der Waals surface area contributed by atoms with Gasteiger partial charge in [0, 0.05) is 46.8 Å². The van der Waals surface area contributed by atoms with Crippen LogP contribution < -0.4 is 4.74 Å². The number of oxime groups is 2. The number of nitrogens with zero attached hydrogens (tertiary/aromatic N) is 3. The highest BCUT2D eigenvalue weighted by atomic mass is 16.6. The van der Waals surface area contributed by atoms with Gasteiger partial charge in [-0.3, -0.25) is 0 Å². The van der Waals surface area contributed by atoms with E-state index in [4.69, 9.17) is 19.1 Å². The fraction of sp³-hybridized carbons (Fsp3) is 0.258. The summed E-state index contributed by atoms with van der Waals surface area (Å²) in [6, 6.07) is 23.4. The molecule has 1 atom stereocenters. The van der Waals surface area contributed by atoms with Crippen molar-refractivity contribution >= 4 is 28.8 Å². The summed E-state index contributed by atoms with van der Waals surface area (Å²) in [6.07, 6.45) is 3.13. The highest BCUT2D eigenvalue weighted by Crippen LogP contribution is 2.24. The van der Waals surface area contributed by atoms with Gasteiger partial charge in [-0.25, -0.2) is 4.79 Å². The van der Waals surface area contributed by atoms with Crippen molar-refractivity contribution in [1.82, 2.24) is 4.57 Å². The standard InChI is InChI=1S/C31H33N3O6/c1-4-39-29(31(35)36)18-22-10-13-26(14-11-22)40-17-16-34-21-25(20-32-37-2)27-15-12-24(19-28(27)34)30(33-38-3)23-8-6-5-7-9-23/h5-15,19-21,29H,4,16-18H2,1-3H3,(H,35,36)/b32-20+,33-30+. The van der Waals surface area contributed by atoms with E-state index in [0.29, 0.717) is 31.9 Å². The molecular formula is C31H33N3O6. The van der Waals surface area contributed by atoms with E-state index < -0.39 is 12.1 Å². The molecule has 0 aliphatic heterocycles. The van der Waals surface area contributed by atoms with E-state index in [1.54, 1.807) is 13.1 Å². The summed E-state index contributed by atoms with van der Waals surface area (Å²) >= 11 is 0. The van der Waals surface area contributed by atoms with E-state index in [9.17, 15) is 9.90 Å². The molecule has 1 N–H and O–H groups in total. The van der Waals surface area contributed by atoms with Crippen molar-refractivity contribution in [3.05, 3.63) is 101 Å². The largest absolute Gasteiger partial charge is 0.492 e. The molecule has 4 aromatic rings. The lowest BCUT2D eigenvalue weighted by Crippen LogP contribution is -2.26. The van der Waals surface area contributed by atoms with Crippen molar-refractivity contribution in [2.45, 2.75) is 26.0 Å². The number of hydrogen-bond acceptors (Lipinski definition) is 7. The lowest BCUT2D eigenvalue weighted by molar-refractivity contribution is -0.149. The molecule has 1 unspecified atom stereocenters. The molecule has 0 aliphatic carbocycles. The average Bonchev–Trinajstić information content (AvgIpc) is 3.32. The van der Waals surface area contributed by atoms with Gasteiger partial charge in [0.05, 0.1) is 12.8 Å². The normalized spacial score (nSPS) is 12.5. The highest BCUT2D eigenvalue weighted by Gasteiger charge is 2.18. The van der Waals surface area contributed by atoms with Gasteiger partial charge in [-0.2, -0.15) is 0 Å². The van der Waals surface area contributed by atoms with Crippen LogP contribution in [0.15, 0.2) is 89.3 Å². The molecule has 4 rings (SSSR count). The number of fused-ring (bicyclic) bond motifs is 1. The first-order valence-electron chi connectivity index (χ1n) is 13.0. The summed E-state index contributed by atoms with van der Waals surface area (Å²) in [5.41, 5.74) is 5.37. The molecule has 9 heteroatoms. The van der Waals surface area contributed by atoms with Crippen LogP contribution in [0, 0.1) is 0 Å². The Balaban J connectivity index is 1.53. The van der Waals surface area contributed by atoms with E-state index in [-0.39, 0.29) is 0 Å². The van der Waals surface area contributed by atoms with Gasteiger partial charge < -0.3 is 28.8 Å². The second-order valence-electron chi connectivity index (χ2n) is 8.89. The van der Waals surface area contributed by atoms with Crippen LogP contribution in [0.3, 0.4) is 0 Å². The zero-order chi connectivity index (χ0) is 28.3. The van der Waals surface area contributed by atoms with Crippen molar-refractivity contribution in [2.75, 3.05) is 27.4 Å². The lowest BCUT2D eigenvalue weighted by atomic mass is 10.0. The number of rotatable bonds is 14. The molecule has 0 aliphatic rings. The Hall–Kier alpha value is -4.63. The number of hydrogen-bond donors (Lipinski definition) is 1. The minimum absolute atomic E-state index is 0.296. The number of aliphatic carboxylic acids is 1. The topological polar surface area (TPSA) is 104 Å². The van der Waals surface area contributed by atoms with Crippen LogP contribution in [0.4, 0.5) is 0 Å². The summed E-state index contributed by atoms with van der Waals surface area (Å²) in [6.45, 7) is 3.13. The molecule has 0 saturated heterocycles. The third-order valence-corrected chi connectivity index (χ3v) is 6.30. The Morgan fingerprint density at radius 3 is 2.45 bits per heavy atom. The monoisotopic (exact) mass is 543 g/mol. The third kappa shape index (κ3) is 7.06. The quantitative estimate of drug-likeness (QED) is 0.175. The molecule has 0 radical (unpaired) electrons. The number of carboxylic acids is 1. The SMILES string of the molecule is CCOC(Cc1ccc(OCCn2cc(/C=N/OC)c3ccc(/C(=N/OC)c4ccccc4)cc32)cc1)C(=O)O. The average molecular weight is 544 g/mol. The Labute approximate surface area is 233 Å². The molecule has 0 bridgehead atoms. The van der Waals surface area contributed by atoms with Crippen LogP contribution in [0.1, 0.15) is 29.2 Å². The van der Waals surface area contributed by atoms with Crippen molar-refractivity contribution in [1.29, 1.82) is 0 Å². The maximum atomic E-state index is 11.4. The molecule has 9 nitrogen and oxygen atoms in total. The van der Waals surface area contributed by atoms with Gasteiger partial charge >= 0.3 is 5.97 Å². The van der Waals surface area contributed by atoms with Gasteiger partial charge in [-0.05, 0) is 30.7 Å². The van der Waals surface area contributed by atoms with Crippen LogP contribution in [0.2, 0.25) is 0 Å². The Kier molecular flexibility index (Phi) is 9.90. The number of ether oxygens (including phenoxy) is 2. The second-order valence-corrected chi connectivity index (χ2v) is 8.89. The molecule has 208 valence electrons. The minimum Gasteiger partial charge on any atom is -0.492 e. The first-order valence-corrected chi connectivity index (χ1v) is 13.0. The fourth-order valence-electron chi connectivity index (χ4n) is 4.44. The highest BCUT2D eigenvalue weighted by molar-refractivity contribution is 6.14. The summed E-state index contributed by atoms with van der Waals surface area (Å²) in [7, 11) is 3.05. The smallest absolute Gasteiger partial charge is 0.333 e. The van der Waals surface area contributed by atoms with Crippen molar-refractivity contribution in [2.24, 2.45) is 10.3 Å². The van der Waals surface area contributed by atoms with Crippen LogP contribution >= 0.6 is 0 Å². The molecule has 1 aromatic heterocycles. The lowest BCUT2D eigenvalue weighted by Gasteiger charge is -2.13. The van der Waals surface area contributed by atoms with Crippen molar-refractivity contribution < 1.29 is 29.0 Å². The molecule has 0 saturated carbocycles. The summed E-state index contributed by atoms with van der Waals surface area (Å²) in [5.74, 6) is -0.271. The molecule has 40 heavy (non-hydrogen) atoms. The second kappa shape index (κ2) is 14.0. The maximum absolute atomic E-state index is 11.4. The Bertz CT molecular complexity index is 1460. The zero-order valence-electron chi connectivity index (χ0n) is 22.8. The Morgan fingerprint density at radius 1 is 1.00 bits per heavy atom. The first-order chi connectivity index (χ1) is 19.5. The van der Waals surface area contributed by atoms with Crippen LogP contribution in [-0.4, -0.2) is 61.1 Å². The van der Waals surface area contributed by atoms with Gasteiger partial charge in [-0.15, -0.1) is 0 Å². The van der Waals surface area contributed by atoms with E-state index in [1.807, 2.05) is 72.9 Å². The van der Waals surface area contributed by atoms with E-state index in [0.717, 1.165) is 38.9 Å². The number of benzene rings is 3. The van der Waals surface area contributed by atoms with Crippen LogP contribution in [0.25, 0.3) is 10.9 Å². The summed E-state index contributed by atoms with van der Waals surface area (Å²) in [4.78, 5) is 21.5. The van der Waals surface area contributed by atoms with Crippen LogP contribution in [0.5, 0.6) is 5.75 Å². The molecule has 0 amide bonds. The summed E-state index contributed by atoms with van der Waals surface area (Å²) < 4.78 is 13.4. The van der Waals surface area contributed by atoms with E-state index >= 15 is 0 Å². The maximum Gasteiger partial charge on any atom is 0.333 e. The van der Waals surface area contributed by atoms with Crippen LogP contribution in [-0.2, 0) is 32.2 Å². The van der Waals surface area contributed by atoms with Gasteiger partial charge in [0.2, 0.25) is 0 Å². The zero-order valence-corrected chi connectivity index (χ0v) is 22.8. The fourth-order valence-corrected chi connectivity index (χ4v) is 4.44. The van der Waals surface area contributed by atoms with Gasteiger partial charge in [0.15, 0.2) is 6.10 Å².